The van der Waals surface area contributed by atoms with Crippen LogP contribution in [0.1, 0.15) is 31.9 Å². The zero-order valence-electron chi connectivity index (χ0n) is 16.7. The van der Waals surface area contributed by atoms with Crippen molar-refractivity contribution >= 4 is 17.0 Å². The van der Waals surface area contributed by atoms with Crippen LogP contribution in [0.15, 0.2) is 30.5 Å². The molecule has 1 amide bonds. The van der Waals surface area contributed by atoms with Crippen molar-refractivity contribution < 1.29 is 19.0 Å². The van der Waals surface area contributed by atoms with Crippen LogP contribution in [0, 0.1) is 0 Å². The van der Waals surface area contributed by atoms with E-state index in [1.54, 1.807) is 4.68 Å². The van der Waals surface area contributed by atoms with Gasteiger partial charge < -0.3 is 19.5 Å². The summed E-state index contributed by atoms with van der Waals surface area (Å²) >= 11 is 0. The Morgan fingerprint density at radius 2 is 2.00 bits per heavy atom. The zero-order valence-corrected chi connectivity index (χ0v) is 16.7. The molecule has 4 heterocycles. The van der Waals surface area contributed by atoms with Gasteiger partial charge in [0, 0.05) is 24.7 Å². The van der Waals surface area contributed by atoms with Crippen LogP contribution >= 0.6 is 0 Å². The van der Waals surface area contributed by atoms with Crippen LogP contribution in [0.5, 0.6) is 5.75 Å². The third-order valence-electron chi connectivity index (χ3n) is 5.40. The number of alkyl carbamates (subject to hydrolysis) is 1. The van der Waals surface area contributed by atoms with E-state index in [4.69, 9.17) is 19.3 Å². The lowest BCUT2D eigenvalue weighted by Crippen LogP contribution is -2.27. The monoisotopic (exact) mass is 411 g/mol. The van der Waals surface area contributed by atoms with E-state index >= 15 is 0 Å². The van der Waals surface area contributed by atoms with Crippen molar-refractivity contribution in [3.8, 4) is 17.1 Å². The zero-order chi connectivity index (χ0) is 20.3. The van der Waals surface area contributed by atoms with Crippen LogP contribution < -0.4 is 10.1 Å². The third-order valence-corrected chi connectivity index (χ3v) is 5.40. The number of nitrogens with zero attached hydrogens (tertiary/aromatic N) is 4. The maximum atomic E-state index is 11.7. The Kier molecular flexibility index (Phi) is 5.27. The molecule has 1 aromatic carbocycles. The number of rotatable bonds is 1. The van der Waals surface area contributed by atoms with E-state index in [0.29, 0.717) is 26.1 Å². The standard InChI is InChI=1S/C21H25N5O4/c27-21-22-8-3-12-28-15-5-6-18-16(14-15)20(17-7-9-25(23-17)10-13-30-21)24-26(18)19-4-1-2-11-29-19/h5-7,9,14,19H,1-4,8,10-13H2,(H,22,27). The maximum Gasteiger partial charge on any atom is 0.407 e. The molecule has 158 valence electrons. The van der Waals surface area contributed by atoms with Crippen molar-refractivity contribution in [2.75, 3.05) is 26.4 Å². The van der Waals surface area contributed by atoms with Crippen LogP contribution in [0.3, 0.4) is 0 Å². The van der Waals surface area contributed by atoms with Gasteiger partial charge >= 0.3 is 6.09 Å². The SMILES string of the molecule is O=C1NCCCOc2ccc3c(c2)c(nn3C2CCCCO2)-c2ccn(n2)CCO1. The average molecular weight is 411 g/mol. The summed E-state index contributed by atoms with van der Waals surface area (Å²) in [5, 5.41) is 13.3. The summed E-state index contributed by atoms with van der Waals surface area (Å²) < 4.78 is 20.8. The van der Waals surface area contributed by atoms with E-state index in [2.05, 4.69) is 10.4 Å². The molecule has 1 N–H and O–H groups in total. The van der Waals surface area contributed by atoms with Crippen LogP contribution in [-0.4, -0.2) is 52.0 Å². The van der Waals surface area contributed by atoms with Gasteiger partial charge in [-0.05, 0) is 49.9 Å². The lowest BCUT2D eigenvalue weighted by Gasteiger charge is -2.23. The highest BCUT2D eigenvalue weighted by Crippen LogP contribution is 2.34. The molecule has 2 aromatic heterocycles. The number of benzene rings is 1. The first-order valence-corrected chi connectivity index (χ1v) is 10.5. The van der Waals surface area contributed by atoms with Crippen LogP contribution in [0.25, 0.3) is 22.3 Å². The second kappa shape index (κ2) is 8.35. The molecule has 2 aliphatic heterocycles. The highest BCUT2D eigenvalue weighted by atomic mass is 16.5. The molecule has 9 heteroatoms. The minimum atomic E-state index is -0.426. The Bertz CT molecular complexity index is 1040. The first-order chi connectivity index (χ1) is 14.8. The first-order valence-electron chi connectivity index (χ1n) is 10.5. The summed E-state index contributed by atoms with van der Waals surface area (Å²) in [5.74, 6) is 0.766. The Balaban J connectivity index is 1.55. The number of amides is 1. The number of fused-ring (bicyclic) bond motifs is 4. The molecular weight excluding hydrogens is 386 g/mol. The van der Waals surface area contributed by atoms with Crippen molar-refractivity contribution in [3.63, 3.8) is 0 Å². The molecule has 1 saturated heterocycles. The number of nitrogens with one attached hydrogen (secondary N) is 1. The van der Waals surface area contributed by atoms with Gasteiger partial charge in [-0.3, -0.25) is 4.68 Å². The fourth-order valence-corrected chi connectivity index (χ4v) is 3.88. The van der Waals surface area contributed by atoms with E-state index in [9.17, 15) is 4.79 Å². The second-order valence-corrected chi connectivity index (χ2v) is 7.52. The van der Waals surface area contributed by atoms with Gasteiger partial charge in [-0.15, -0.1) is 0 Å². The normalized spacial score (nSPS) is 20.5. The first kappa shape index (κ1) is 18.9. The lowest BCUT2D eigenvalue weighted by atomic mass is 10.1. The van der Waals surface area contributed by atoms with Crippen LogP contribution in [0.4, 0.5) is 4.79 Å². The van der Waals surface area contributed by atoms with E-state index < -0.39 is 6.09 Å². The second-order valence-electron chi connectivity index (χ2n) is 7.52. The molecule has 0 radical (unpaired) electrons. The number of carbonyl (C=O) groups excluding carboxylic acids is 1. The summed E-state index contributed by atoms with van der Waals surface area (Å²) in [6.07, 6.45) is 5.23. The van der Waals surface area contributed by atoms with Crippen molar-refractivity contribution in [1.82, 2.24) is 24.9 Å². The molecule has 30 heavy (non-hydrogen) atoms. The number of carbonyl (C=O) groups is 1. The molecule has 0 aliphatic carbocycles. The number of hydrogen-bond donors (Lipinski definition) is 1. The van der Waals surface area contributed by atoms with E-state index in [0.717, 1.165) is 53.9 Å². The van der Waals surface area contributed by atoms with Crippen molar-refractivity contribution in [2.24, 2.45) is 0 Å². The fourth-order valence-electron chi connectivity index (χ4n) is 3.88. The highest BCUT2D eigenvalue weighted by molar-refractivity contribution is 5.93. The molecule has 4 bridgehead atoms. The van der Waals surface area contributed by atoms with E-state index in [-0.39, 0.29) is 12.8 Å². The number of hydrogen-bond acceptors (Lipinski definition) is 6. The molecule has 9 nitrogen and oxygen atoms in total. The van der Waals surface area contributed by atoms with Crippen LogP contribution in [-0.2, 0) is 16.0 Å². The quantitative estimate of drug-likeness (QED) is 0.662. The molecular formula is C21H25N5O4. The average Bonchev–Trinajstić information content (AvgIpc) is 3.38. The minimum absolute atomic E-state index is 0.0663. The smallest absolute Gasteiger partial charge is 0.407 e. The highest BCUT2D eigenvalue weighted by Gasteiger charge is 2.23. The summed E-state index contributed by atoms with van der Waals surface area (Å²) in [7, 11) is 0. The molecule has 1 fully saturated rings. The Hall–Kier alpha value is -3.07. The summed E-state index contributed by atoms with van der Waals surface area (Å²) in [5.41, 5.74) is 2.58. The lowest BCUT2D eigenvalue weighted by molar-refractivity contribution is -0.0365. The number of cyclic esters (lactones) is 1. The van der Waals surface area contributed by atoms with Crippen LogP contribution in [0.2, 0.25) is 0 Å². The molecule has 0 saturated carbocycles. The predicted molar refractivity (Wildman–Crippen MR) is 109 cm³/mol. The van der Waals surface area contributed by atoms with Gasteiger partial charge in [-0.25, -0.2) is 9.48 Å². The summed E-state index contributed by atoms with van der Waals surface area (Å²) in [4.78, 5) is 11.7. The van der Waals surface area contributed by atoms with Gasteiger partial charge in [-0.1, -0.05) is 0 Å². The largest absolute Gasteiger partial charge is 0.494 e. The molecule has 2 aliphatic rings. The van der Waals surface area contributed by atoms with Gasteiger partial charge in [0.2, 0.25) is 0 Å². The molecule has 5 rings (SSSR count). The summed E-state index contributed by atoms with van der Waals surface area (Å²) in [6, 6.07) is 7.94. The van der Waals surface area contributed by atoms with E-state index in [1.807, 2.05) is 35.1 Å². The number of aromatic nitrogens is 4. The molecule has 0 spiro atoms. The fraction of sp³-hybridized carbons (Fsp3) is 0.476. The third kappa shape index (κ3) is 3.85. The minimum Gasteiger partial charge on any atom is -0.494 e. The predicted octanol–water partition coefficient (Wildman–Crippen LogP) is 3.11. The molecule has 3 aromatic rings. The molecule has 1 atom stereocenters. The van der Waals surface area contributed by atoms with Crippen molar-refractivity contribution in [3.05, 3.63) is 30.5 Å². The Morgan fingerprint density at radius 3 is 2.90 bits per heavy atom. The number of ether oxygens (including phenoxy) is 3. The van der Waals surface area contributed by atoms with Crippen molar-refractivity contribution in [2.45, 2.75) is 38.5 Å². The Morgan fingerprint density at radius 1 is 1.03 bits per heavy atom. The van der Waals surface area contributed by atoms with Gasteiger partial charge in [0.1, 0.15) is 23.7 Å². The maximum absolute atomic E-state index is 11.7. The summed E-state index contributed by atoms with van der Waals surface area (Å²) in [6.45, 7) is 2.47. The topological polar surface area (TPSA) is 92.4 Å². The van der Waals surface area contributed by atoms with Gasteiger partial charge in [0.15, 0.2) is 6.23 Å². The van der Waals surface area contributed by atoms with Gasteiger partial charge in [0.05, 0.1) is 18.7 Å². The Labute approximate surface area is 173 Å². The van der Waals surface area contributed by atoms with Crippen molar-refractivity contribution in [1.29, 1.82) is 0 Å². The molecule has 1 unspecified atom stereocenters. The van der Waals surface area contributed by atoms with Gasteiger partial charge in [0.25, 0.3) is 0 Å². The van der Waals surface area contributed by atoms with E-state index in [1.165, 1.54) is 0 Å². The van der Waals surface area contributed by atoms with Gasteiger partial charge in [-0.2, -0.15) is 10.2 Å².